The van der Waals surface area contributed by atoms with E-state index in [4.69, 9.17) is 10.5 Å². The van der Waals surface area contributed by atoms with Crippen LogP contribution in [0.5, 0.6) is 0 Å². The lowest BCUT2D eigenvalue weighted by Crippen LogP contribution is -2.37. The molecule has 1 aliphatic rings. The molecule has 0 radical (unpaired) electrons. The Morgan fingerprint density at radius 3 is 2.58 bits per heavy atom. The smallest absolute Gasteiger partial charge is 0.341 e. The number of halogens is 1. The van der Waals surface area contributed by atoms with E-state index < -0.39 is 17.2 Å². The third-order valence-electron chi connectivity index (χ3n) is 5.47. The summed E-state index contributed by atoms with van der Waals surface area (Å²) in [5.74, 6) is -1.28. The molecule has 0 aliphatic carbocycles. The first-order valence-corrected chi connectivity index (χ1v) is 10.1. The van der Waals surface area contributed by atoms with Gasteiger partial charge >= 0.3 is 5.97 Å². The molecule has 4 rings (SSSR count). The number of esters is 1. The van der Waals surface area contributed by atoms with Gasteiger partial charge in [0.25, 0.3) is 5.91 Å². The molecule has 3 N–H and O–H groups in total. The van der Waals surface area contributed by atoms with Gasteiger partial charge in [-0.3, -0.25) is 4.79 Å². The van der Waals surface area contributed by atoms with Crippen molar-refractivity contribution >= 4 is 34.0 Å². The summed E-state index contributed by atoms with van der Waals surface area (Å²) in [6.07, 6.45) is 1.52. The van der Waals surface area contributed by atoms with E-state index in [0.29, 0.717) is 23.5 Å². The number of hydrogen-bond acceptors (Lipinski definition) is 4. The van der Waals surface area contributed by atoms with E-state index in [1.807, 2.05) is 26.0 Å². The van der Waals surface area contributed by atoms with E-state index in [1.54, 1.807) is 13.0 Å². The Hall–Kier alpha value is -3.61. The molecule has 0 bridgehead atoms. The number of nitrogens with zero attached hydrogens (tertiary/aromatic N) is 1. The Balaban J connectivity index is 1.90. The van der Waals surface area contributed by atoms with Gasteiger partial charge in [0.2, 0.25) is 0 Å². The molecule has 1 aromatic heterocycles. The van der Waals surface area contributed by atoms with Gasteiger partial charge in [0.15, 0.2) is 0 Å². The van der Waals surface area contributed by atoms with Crippen molar-refractivity contribution in [2.24, 2.45) is 0 Å². The number of H-pyrrole nitrogens is 1. The average molecular weight is 421 g/mol. The van der Waals surface area contributed by atoms with Crippen LogP contribution in [0.1, 0.15) is 42.4 Å². The van der Waals surface area contributed by atoms with E-state index in [0.717, 1.165) is 16.5 Å². The zero-order valence-electron chi connectivity index (χ0n) is 17.7. The predicted molar refractivity (Wildman–Crippen MR) is 118 cm³/mol. The molecule has 2 heterocycles. The van der Waals surface area contributed by atoms with Crippen LogP contribution in [-0.2, 0) is 14.9 Å². The van der Waals surface area contributed by atoms with Crippen LogP contribution in [0, 0.1) is 5.82 Å². The normalized spacial score (nSPS) is 15.2. The highest BCUT2D eigenvalue weighted by molar-refractivity contribution is 6.18. The Labute approximate surface area is 179 Å². The average Bonchev–Trinajstić information content (AvgIpc) is 3.04. The molecule has 0 unspecified atom stereocenters. The van der Waals surface area contributed by atoms with Crippen LogP contribution in [0.3, 0.4) is 0 Å². The Morgan fingerprint density at radius 2 is 1.90 bits per heavy atom. The molecular weight excluding hydrogens is 397 g/mol. The maximum absolute atomic E-state index is 13.3. The van der Waals surface area contributed by atoms with Crippen molar-refractivity contribution in [1.29, 1.82) is 0 Å². The summed E-state index contributed by atoms with van der Waals surface area (Å²) in [6.45, 7) is 6.26. The largest absolute Gasteiger partial charge is 0.462 e. The molecule has 2 aromatic carbocycles. The van der Waals surface area contributed by atoms with E-state index in [1.165, 1.54) is 35.4 Å². The molecule has 160 valence electrons. The fraction of sp³-hybridized carbons (Fsp3) is 0.250. The summed E-state index contributed by atoms with van der Waals surface area (Å²) < 4.78 is 18.6. The Morgan fingerprint density at radius 1 is 1.19 bits per heavy atom. The molecule has 0 saturated heterocycles. The zero-order valence-corrected chi connectivity index (χ0v) is 17.7. The molecule has 0 saturated carbocycles. The number of nitrogens with two attached hydrogens (primary N) is 1. The molecule has 1 aliphatic heterocycles. The minimum absolute atomic E-state index is 0.202. The standard InChI is InChI=1S/C24H24FN3O3/c1-4-31-23(30)18-12-28(22(29)14-5-7-15(25)8-6-14)13-24(2,3)20-17-11-16(26)9-10-19(17)27-21(18)20/h5-12,27H,4,13,26H2,1-3H3. The van der Waals surface area contributed by atoms with Crippen LogP contribution in [-0.4, -0.2) is 34.9 Å². The third-order valence-corrected chi connectivity index (χ3v) is 5.47. The summed E-state index contributed by atoms with van der Waals surface area (Å²) in [5, 5.41) is 0.895. The lowest BCUT2D eigenvalue weighted by Gasteiger charge is -2.29. The number of hydrogen-bond donors (Lipinski definition) is 2. The quantitative estimate of drug-likeness (QED) is 0.489. The number of anilines is 1. The highest BCUT2D eigenvalue weighted by Gasteiger charge is 2.37. The second-order valence-corrected chi connectivity index (χ2v) is 8.27. The minimum Gasteiger partial charge on any atom is -0.462 e. The van der Waals surface area contributed by atoms with Gasteiger partial charge in [-0.05, 0) is 55.0 Å². The van der Waals surface area contributed by atoms with Crippen molar-refractivity contribution in [3.63, 3.8) is 0 Å². The second-order valence-electron chi connectivity index (χ2n) is 8.27. The fourth-order valence-corrected chi connectivity index (χ4v) is 4.14. The van der Waals surface area contributed by atoms with Crippen LogP contribution in [0.15, 0.2) is 48.7 Å². The molecule has 0 atom stereocenters. The number of amides is 1. The number of aromatic amines is 1. The van der Waals surface area contributed by atoms with Gasteiger partial charge < -0.3 is 20.4 Å². The van der Waals surface area contributed by atoms with Gasteiger partial charge in [0, 0.05) is 40.3 Å². The number of carbonyl (C=O) groups is 2. The summed E-state index contributed by atoms with van der Waals surface area (Å²) in [7, 11) is 0. The van der Waals surface area contributed by atoms with Crippen LogP contribution >= 0.6 is 0 Å². The maximum Gasteiger partial charge on any atom is 0.341 e. The van der Waals surface area contributed by atoms with Gasteiger partial charge in [-0.25, -0.2) is 9.18 Å². The lowest BCUT2D eigenvalue weighted by atomic mass is 9.81. The summed E-state index contributed by atoms with van der Waals surface area (Å²) in [5.41, 5.74) is 9.05. The first-order valence-electron chi connectivity index (χ1n) is 10.1. The lowest BCUT2D eigenvalue weighted by molar-refractivity contribution is -0.136. The molecular formula is C24H24FN3O3. The maximum atomic E-state index is 13.3. The fourth-order valence-electron chi connectivity index (χ4n) is 4.14. The molecule has 0 fully saturated rings. The SMILES string of the molecule is CCOC(=O)C1=CN(C(=O)c2ccc(F)cc2)CC(C)(C)c2c1[nH]c1ccc(N)cc21. The van der Waals surface area contributed by atoms with Crippen molar-refractivity contribution in [2.75, 3.05) is 18.9 Å². The molecule has 3 aromatic rings. The number of aromatic nitrogens is 1. The van der Waals surface area contributed by atoms with Crippen LogP contribution < -0.4 is 5.73 Å². The highest BCUT2D eigenvalue weighted by Crippen LogP contribution is 2.41. The number of nitrogen functional groups attached to an aromatic ring is 1. The molecule has 7 heteroatoms. The number of ether oxygens (including phenoxy) is 1. The molecule has 6 nitrogen and oxygen atoms in total. The predicted octanol–water partition coefficient (Wildman–Crippen LogP) is 4.23. The van der Waals surface area contributed by atoms with Gasteiger partial charge in [-0.1, -0.05) is 13.8 Å². The monoisotopic (exact) mass is 421 g/mol. The van der Waals surface area contributed by atoms with E-state index in [9.17, 15) is 14.0 Å². The van der Waals surface area contributed by atoms with Crippen molar-refractivity contribution in [1.82, 2.24) is 9.88 Å². The van der Waals surface area contributed by atoms with Gasteiger partial charge in [-0.15, -0.1) is 0 Å². The first-order chi connectivity index (χ1) is 14.7. The summed E-state index contributed by atoms with van der Waals surface area (Å²) >= 11 is 0. The number of benzene rings is 2. The van der Waals surface area contributed by atoms with E-state index >= 15 is 0 Å². The van der Waals surface area contributed by atoms with Crippen LogP contribution in [0.4, 0.5) is 10.1 Å². The van der Waals surface area contributed by atoms with Crippen LogP contribution in [0.25, 0.3) is 16.5 Å². The molecule has 1 amide bonds. The second kappa shape index (κ2) is 7.58. The topological polar surface area (TPSA) is 88.4 Å². The highest BCUT2D eigenvalue weighted by atomic mass is 19.1. The van der Waals surface area contributed by atoms with Gasteiger partial charge in [0.1, 0.15) is 5.82 Å². The molecule has 0 spiro atoms. The Bertz CT molecular complexity index is 1210. The molecule has 31 heavy (non-hydrogen) atoms. The van der Waals surface area contributed by atoms with Crippen LogP contribution in [0.2, 0.25) is 0 Å². The number of fused-ring (bicyclic) bond motifs is 3. The van der Waals surface area contributed by atoms with Gasteiger partial charge in [0.05, 0.1) is 17.9 Å². The van der Waals surface area contributed by atoms with Crippen molar-refractivity contribution in [3.05, 3.63) is 71.3 Å². The summed E-state index contributed by atoms with van der Waals surface area (Å²) in [4.78, 5) is 31.0. The van der Waals surface area contributed by atoms with Gasteiger partial charge in [-0.2, -0.15) is 0 Å². The number of nitrogens with one attached hydrogen (secondary N) is 1. The zero-order chi connectivity index (χ0) is 22.3. The Kier molecular flexibility index (Phi) is 5.05. The number of rotatable bonds is 3. The number of carbonyl (C=O) groups excluding carboxylic acids is 2. The van der Waals surface area contributed by atoms with Crippen molar-refractivity contribution in [2.45, 2.75) is 26.2 Å². The van der Waals surface area contributed by atoms with Crippen molar-refractivity contribution < 1.29 is 18.7 Å². The third kappa shape index (κ3) is 3.67. The summed E-state index contributed by atoms with van der Waals surface area (Å²) in [6, 6.07) is 10.9. The minimum atomic E-state index is -0.530. The first kappa shape index (κ1) is 20.7. The van der Waals surface area contributed by atoms with Crippen molar-refractivity contribution in [3.8, 4) is 0 Å². The van der Waals surface area contributed by atoms with E-state index in [-0.39, 0.29) is 18.1 Å². The van der Waals surface area contributed by atoms with E-state index in [2.05, 4.69) is 4.98 Å².